The largest absolute Gasteiger partial charge is 0.392 e. The second-order valence-corrected chi connectivity index (χ2v) is 6.55. The molecule has 0 radical (unpaired) electrons. The first-order valence-corrected chi connectivity index (χ1v) is 9.04. The summed E-state index contributed by atoms with van der Waals surface area (Å²) in [6, 6.07) is 0. The molecular formula is C13H20Br2F3NO. The normalized spacial score (nSPS) is 24.5. The van der Waals surface area contributed by atoms with E-state index >= 15 is 0 Å². The van der Waals surface area contributed by atoms with Crippen LogP contribution < -0.4 is 5.32 Å². The number of rotatable bonds is 5. The van der Waals surface area contributed by atoms with Gasteiger partial charge in [-0.25, -0.2) is 0 Å². The molecule has 0 aromatic heterocycles. The van der Waals surface area contributed by atoms with Gasteiger partial charge in [0.05, 0.1) is 11.5 Å². The van der Waals surface area contributed by atoms with E-state index < -0.39 is 29.5 Å². The van der Waals surface area contributed by atoms with Crippen LogP contribution in [0.25, 0.3) is 0 Å². The number of amides is 1. The molecule has 1 fully saturated rings. The monoisotopic (exact) mass is 421 g/mol. The third-order valence-corrected chi connectivity index (χ3v) is 6.25. The van der Waals surface area contributed by atoms with Crippen LogP contribution in [-0.2, 0) is 4.79 Å². The van der Waals surface area contributed by atoms with E-state index in [1.165, 1.54) is 0 Å². The van der Waals surface area contributed by atoms with Crippen LogP contribution in [0.3, 0.4) is 0 Å². The lowest BCUT2D eigenvalue weighted by molar-refractivity contribution is -0.198. The first-order chi connectivity index (χ1) is 9.29. The van der Waals surface area contributed by atoms with E-state index in [9.17, 15) is 18.0 Å². The highest BCUT2D eigenvalue weighted by Gasteiger charge is 2.48. The summed E-state index contributed by atoms with van der Waals surface area (Å²) in [5.41, 5.74) is -0.523. The van der Waals surface area contributed by atoms with Gasteiger partial charge in [-0.1, -0.05) is 51.6 Å². The van der Waals surface area contributed by atoms with Gasteiger partial charge < -0.3 is 5.32 Å². The predicted octanol–water partition coefficient (Wildman–Crippen LogP) is 4.41. The summed E-state index contributed by atoms with van der Waals surface area (Å²) in [6.07, 6.45) is -2.03. The molecular weight excluding hydrogens is 403 g/mol. The molecule has 20 heavy (non-hydrogen) atoms. The summed E-state index contributed by atoms with van der Waals surface area (Å²) in [5, 5.41) is 3.84. The Morgan fingerprint density at radius 2 is 1.75 bits per heavy atom. The van der Waals surface area contributed by atoms with Crippen LogP contribution in [0, 0.1) is 11.8 Å². The molecule has 0 aromatic carbocycles. The van der Waals surface area contributed by atoms with Gasteiger partial charge in [-0.05, 0) is 19.3 Å². The maximum Gasteiger partial charge on any atom is 0.392 e. The summed E-state index contributed by atoms with van der Waals surface area (Å²) < 4.78 is 39.1. The minimum absolute atomic E-state index is 0.0589. The van der Waals surface area contributed by atoms with E-state index in [1.54, 1.807) is 0 Å². The highest BCUT2D eigenvalue weighted by molar-refractivity contribution is 9.09. The Kier molecular flexibility index (Phi) is 6.83. The first kappa shape index (κ1) is 18.3. The van der Waals surface area contributed by atoms with Gasteiger partial charge >= 0.3 is 6.18 Å². The molecule has 0 spiro atoms. The molecule has 2 unspecified atom stereocenters. The van der Waals surface area contributed by atoms with Gasteiger partial charge in [0.1, 0.15) is 0 Å². The lowest BCUT2D eigenvalue weighted by Crippen LogP contribution is -2.55. The summed E-state index contributed by atoms with van der Waals surface area (Å²) in [7, 11) is 0. The summed E-state index contributed by atoms with van der Waals surface area (Å²) in [6.45, 7) is 1.91. The number of hydrogen-bond acceptors (Lipinski definition) is 1. The minimum atomic E-state index is -4.29. The van der Waals surface area contributed by atoms with Crippen molar-refractivity contribution in [1.82, 2.24) is 5.32 Å². The van der Waals surface area contributed by atoms with Crippen LogP contribution in [0.2, 0.25) is 0 Å². The number of nitrogens with one attached hydrogen (secondary N) is 1. The Balaban J connectivity index is 2.83. The van der Waals surface area contributed by atoms with Gasteiger partial charge in [0.15, 0.2) is 0 Å². The van der Waals surface area contributed by atoms with E-state index in [-0.39, 0.29) is 6.42 Å². The second kappa shape index (κ2) is 7.47. The Labute approximate surface area is 134 Å². The average Bonchev–Trinajstić information content (AvgIpc) is 2.44. The van der Waals surface area contributed by atoms with Gasteiger partial charge in [0, 0.05) is 16.6 Å². The van der Waals surface area contributed by atoms with Crippen molar-refractivity contribution in [1.29, 1.82) is 0 Å². The molecule has 0 heterocycles. The first-order valence-electron chi connectivity index (χ1n) is 6.80. The zero-order valence-electron chi connectivity index (χ0n) is 11.4. The molecule has 0 aliphatic heterocycles. The SMILES string of the molecule is CCC(CBr)(CBr)NC(=O)C1CCCCC1C(F)(F)F. The van der Waals surface area contributed by atoms with E-state index in [1.807, 2.05) is 6.92 Å². The lowest BCUT2D eigenvalue weighted by atomic mass is 9.78. The number of halogens is 5. The van der Waals surface area contributed by atoms with Crippen molar-refractivity contribution >= 4 is 37.8 Å². The van der Waals surface area contributed by atoms with Crippen molar-refractivity contribution in [3.8, 4) is 0 Å². The van der Waals surface area contributed by atoms with Crippen molar-refractivity contribution in [2.45, 2.75) is 50.7 Å². The molecule has 1 aliphatic carbocycles. The van der Waals surface area contributed by atoms with Crippen LogP contribution >= 0.6 is 31.9 Å². The Hall–Kier alpha value is 0.220. The van der Waals surface area contributed by atoms with Crippen LogP contribution in [0.4, 0.5) is 13.2 Å². The molecule has 1 amide bonds. The number of carbonyl (C=O) groups is 1. The fraction of sp³-hybridized carbons (Fsp3) is 0.923. The highest BCUT2D eigenvalue weighted by atomic mass is 79.9. The Bertz CT molecular complexity index is 324. The fourth-order valence-electron chi connectivity index (χ4n) is 2.57. The van der Waals surface area contributed by atoms with Crippen LogP contribution in [0.15, 0.2) is 0 Å². The van der Waals surface area contributed by atoms with Gasteiger partial charge in [0.2, 0.25) is 5.91 Å². The quantitative estimate of drug-likeness (QED) is 0.653. The highest BCUT2D eigenvalue weighted by Crippen LogP contribution is 2.41. The average molecular weight is 423 g/mol. The minimum Gasteiger partial charge on any atom is -0.349 e. The molecule has 1 N–H and O–H groups in total. The van der Waals surface area contributed by atoms with E-state index in [0.717, 1.165) is 0 Å². The van der Waals surface area contributed by atoms with Crippen LogP contribution in [-0.4, -0.2) is 28.3 Å². The van der Waals surface area contributed by atoms with Crippen molar-refractivity contribution in [3.63, 3.8) is 0 Å². The van der Waals surface area contributed by atoms with Crippen LogP contribution in [0.1, 0.15) is 39.0 Å². The topological polar surface area (TPSA) is 29.1 Å². The van der Waals surface area contributed by atoms with Crippen LogP contribution in [0.5, 0.6) is 0 Å². The molecule has 2 nitrogen and oxygen atoms in total. The Morgan fingerprint density at radius 1 is 1.20 bits per heavy atom. The standard InChI is InChI=1S/C13H20Br2F3NO/c1-2-12(7-14,8-15)19-11(20)9-5-3-4-6-10(9)13(16,17)18/h9-10H,2-8H2,1H3,(H,19,20). The Morgan fingerprint density at radius 3 is 2.20 bits per heavy atom. The molecule has 0 saturated heterocycles. The van der Waals surface area contributed by atoms with E-state index in [4.69, 9.17) is 0 Å². The van der Waals surface area contributed by atoms with Crippen molar-refractivity contribution in [2.75, 3.05) is 10.7 Å². The van der Waals surface area contributed by atoms with Crippen molar-refractivity contribution < 1.29 is 18.0 Å². The summed E-state index contributed by atoms with van der Waals surface area (Å²) in [4.78, 5) is 12.3. The fourth-order valence-corrected chi connectivity index (χ4v) is 4.57. The van der Waals surface area contributed by atoms with E-state index in [0.29, 0.717) is 36.3 Å². The molecule has 0 bridgehead atoms. The van der Waals surface area contributed by atoms with Gasteiger partial charge in [-0.15, -0.1) is 0 Å². The van der Waals surface area contributed by atoms with Gasteiger partial charge in [-0.3, -0.25) is 4.79 Å². The zero-order chi connectivity index (χ0) is 15.4. The zero-order valence-corrected chi connectivity index (χ0v) is 14.6. The molecule has 1 saturated carbocycles. The number of carbonyl (C=O) groups excluding carboxylic acids is 1. The third kappa shape index (κ3) is 4.36. The second-order valence-electron chi connectivity index (χ2n) is 5.43. The molecule has 118 valence electrons. The number of hydrogen-bond donors (Lipinski definition) is 1. The maximum absolute atomic E-state index is 13.0. The number of alkyl halides is 5. The van der Waals surface area contributed by atoms with Crippen molar-refractivity contribution in [2.24, 2.45) is 11.8 Å². The smallest absolute Gasteiger partial charge is 0.349 e. The third-order valence-electron chi connectivity index (χ3n) is 4.10. The van der Waals surface area contributed by atoms with Gasteiger partial charge in [0.25, 0.3) is 0 Å². The summed E-state index contributed by atoms with van der Waals surface area (Å²) >= 11 is 6.67. The van der Waals surface area contributed by atoms with Crippen molar-refractivity contribution in [3.05, 3.63) is 0 Å². The molecule has 7 heteroatoms. The molecule has 1 aliphatic rings. The lowest BCUT2D eigenvalue weighted by Gasteiger charge is -2.36. The maximum atomic E-state index is 13.0. The predicted molar refractivity (Wildman–Crippen MR) is 80.3 cm³/mol. The summed E-state index contributed by atoms with van der Waals surface area (Å²) in [5.74, 6) is -2.92. The molecule has 0 aromatic rings. The van der Waals surface area contributed by atoms with Gasteiger partial charge in [-0.2, -0.15) is 13.2 Å². The van der Waals surface area contributed by atoms with E-state index in [2.05, 4.69) is 37.2 Å². The molecule has 2 atom stereocenters. The molecule has 1 rings (SSSR count).